The van der Waals surface area contributed by atoms with Crippen molar-refractivity contribution in [1.82, 2.24) is 19.7 Å². The van der Waals surface area contributed by atoms with Gasteiger partial charge in [-0.1, -0.05) is 0 Å². The summed E-state index contributed by atoms with van der Waals surface area (Å²) in [7, 11) is 1.36. The number of rotatable bonds is 7. The van der Waals surface area contributed by atoms with Gasteiger partial charge in [-0.15, -0.1) is 0 Å². The van der Waals surface area contributed by atoms with Crippen molar-refractivity contribution in [2.75, 3.05) is 38.7 Å². The number of hydrogen-bond donors (Lipinski definition) is 2. The van der Waals surface area contributed by atoms with Crippen molar-refractivity contribution in [3.05, 3.63) is 47.3 Å². The summed E-state index contributed by atoms with van der Waals surface area (Å²) in [6.45, 7) is 8.74. The van der Waals surface area contributed by atoms with Gasteiger partial charge in [0.2, 0.25) is 5.88 Å². The van der Waals surface area contributed by atoms with Crippen LogP contribution in [0, 0.1) is 17.1 Å². The molecule has 2 aromatic heterocycles. The van der Waals surface area contributed by atoms with E-state index in [4.69, 9.17) is 19.6 Å². The maximum atomic E-state index is 14.2. The number of piperidine rings is 1. The van der Waals surface area contributed by atoms with Crippen LogP contribution in [0.4, 0.5) is 14.9 Å². The second kappa shape index (κ2) is 11.9. The third-order valence-corrected chi connectivity index (χ3v) is 6.59. The summed E-state index contributed by atoms with van der Waals surface area (Å²) in [5.74, 6) is -0.290. The maximum Gasteiger partial charge on any atom is 0.410 e. The van der Waals surface area contributed by atoms with Crippen molar-refractivity contribution in [2.24, 2.45) is 5.92 Å². The Labute approximate surface area is 222 Å². The Hall–Kier alpha value is -3.47. The van der Waals surface area contributed by atoms with Gasteiger partial charge in [0.15, 0.2) is 5.82 Å². The predicted octanol–water partition coefficient (Wildman–Crippen LogP) is 4.62. The molecule has 10 nitrogen and oxygen atoms in total. The summed E-state index contributed by atoms with van der Waals surface area (Å²) < 4.78 is 32.2. The summed E-state index contributed by atoms with van der Waals surface area (Å²) in [5.41, 5.74) is 2.53. The van der Waals surface area contributed by atoms with Gasteiger partial charge in [-0.3, -0.25) is 10.1 Å². The first-order valence-electron chi connectivity index (χ1n) is 13.0. The van der Waals surface area contributed by atoms with Crippen LogP contribution in [0.5, 0.6) is 5.88 Å². The van der Waals surface area contributed by atoms with Crippen molar-refractivity contribution < 1.29 is 23.4 Å². The van der Waals surface area contributed by atoms with E-state index >= 15 is 0 Å². The fourth-order valence-electron chi connectivity index (χ4n) is 4.64. The molecule has 2 aliphatic rings. The van der Waals surface area contributed by atoms with Gasteiger partial charge >= 0.3 is 6.09 Å². The van der Waals surface area contributed by atoms with Gasteiger partial charge in [-0.25, -0.2) is 14.2 Å². The Bertz CT molecular complexity index is 1180. The SMILES string of the molecule is COc1ncc(C(=N)C2=C(Nc3cnn(CC4CCN(C(=O)OC(C)(C)C)CC4)c3)CCOCC2)cc1F. The van der Waals surface area contributed by atoms with Crippen molar-refractivity contribution >= 4 is 17.5 Å². The molecule has 2 aromatic rings. The molecule has 0 saturated carbocycles. The molecule has 4 rings (SSSR count). The first kappa shape index (κ1) is 27.6. The number of aromatic nitrogens is 3. The standard InChI is InChI=1S/C27H37FN6O4/c1-27(2,3)38-26(35)33-9-5-18(6-10-33)16-34-17-20(15-31-34)32-23-8-12-37-11-7-21(23)24(29)19-13-22(28)25(36-4)30-14-19/h13-15,17-18,29,32H,5-12,16H2,1-4H3. The largest absolute Gasteiger partial charge is 0.479 e. The van der Waals surface area contributed by atoms with E-state index in [-0.39, 0.29) is 17.7 Å². The summed E-state index contributed by atoms with van der Waals surface area (Å²) in [5, 5.41) is 16.7. The van der Waals surface area contributed by atoms with E-state index in [2.05, 4.69) is 15.4 Å². The summed E-state index contributed by atoms with van der Waals surface area (Å²) in [6.07, 6.45) is 7.82. The van der Waals surface area contributed by atoms with Gasteiger partial charge < -0.3 is 24.4 Å². The molecule has 11 heteroatoms. The second-order valence-corrected chi connectivity index (χ2v) is 10.6. The van der Waals surface area contributed by atoms with Crippen LogP contribution >= 0.6 is 0 Å². The van der Waals surface area contributed by atoms with Gasteiger partial charge in [0.05, 0.1) is 37.9 Å². The van der Waals surface area contributed by atoms with Crippen LogP contribution in [-0.2, 0) is 16.0 Å². The monoisotopic (exact) mass is 528 g/mol. The van der Waals surface area contributed by atoms with Gasteiger partial charge in [-0.2, -0.15) is 5.10 Å². The lowest BCUT2D eigenvalue weighted by molar-refractivity contribution is 0.0177. The highest BCUT2D eigenvalue weighted by atomic mass is 19.1. The average molecular weight is 529 g/mol. The molecule has 2 aliphatic heterocycles. The number of halogens is 1. The third kappa shape index (κ3) is 7.09. The number of pyridine rings is 1. The van der Waals surface area contributed by atoms with E-state index in [0.29, 0.717) is 50.6 Å². The van der Waals surface area contributed by atoms with E-state index in [9.17, 15) is 9.18 Å². The molecule has 0 radical (unpaired) electrons. The second-order valence-electron chi connectivity index (χ2n) is 10.6. The molecule has 0 aliphatic carbocycles. The smallest absolute Gasteiger partial charge is 0.410 e. The molecule has 4 heterocycles. The summed E-state index contributed by atoms with van der Waals surface area (Å²) >= 11 is 0. The quantitative estimate of drug-likeness (QED) is 0.504. The van der Waals surface area contributed by atoms with Gasteiger partial charge in [0.1, 0.15) is 5.60 Å². The number of ether oxygens (including phenoxy) is 3. The molecule has 0 bridgehead atoms. The molecule has 206 valence electrons. The topological polar surface area (TPSA) is 115 Å². The average Bonchev–Trinajstić information content (AvgIpc) is 3.17. The van der Waals surface area contributed by atoms with Crippen LogP contribution in [0.2, 0.25) is 0 Å². The Kier molecular flexibility index (Phi) is 8.65. The van der Waals surface area contributed by atoms with E-state index in [1.165, 1.54) is 19.4 Å². The molecule has 38 heavy (non-hydrogen) atoms. The molecule has 1 amide bonds. The molecule has 1 fully saturated rings. The lowest BCUT2D eigenvalue weighted by Gasteiger charge is -2.33. The van der Waals surface area contributed by atoms with Crippen molar-refractivity contribution in [3.63, 3.8) is 0 Å². The molecular weight excluding hydrogens is 491 g/mol. The number of hydrogen-bond acceptors (Lipinski definition) is 8. The van der Waals surface area contributed by atoms with Crippen molar-refractivity contribution in [1.29, 1.82) is 5.41 Å². The lowest BCUT2D eigenvalue weighted by atomic mass is 9.97. The molecule has 0 unspecified atom stereocenters. The Balaban J connectivity index is 1.39. The number of methoxy groups -OCH3 is 1. The van der Waals surface area contributed by atoms with Gasteiger partial charge in [0, 0.05) is 49.7 Å². The van der Waals surface area contributed by atoms with Crippen LogP contribution in [0.25, 0.3) is 0 Å². The Morgan fingerprint density at radius 1 is 1.24 bits per heavy atom. The normalized spacial score (nSPS) is 17.2. The number of carbonyl (C=O) groups excluding carboxylic acids is 1. The highest BCUT2D eigenvalue weighted by Gasteiger charge is 2.27. The summed E-state index contributed by atoms with van der Waals surface area (Å²) in [4.78, 5) is 18.1. The van der Waals surface area contributed by atoms with Crippen LogP contribution in [0.3, 0.4) is 0 Å². The van der Waals surface area contributed by atoms with E-state index < -0.39 is 11.4 Å². The van der Waals surface area contributed by atoms with Gasteiger partial charge in [0.25, 0.3) is 0 Å². The van der Waals surface area contributed by atoms with Crippen LogP contribution in [0.1, 0.15) is 52.0 Å². The van der Waals surface area contributed by atoms with E-state index in [0.717, 1.165) is 36.3 Å². The molecule has 2 N–H and O–H groups in total. The van der Waals surface area contributed by atoms with Crippen LogP contribution in [-0.4, -0.2) is 70.5 Å². The van der Waals surface area contributed by atoms with Crippen molar-refractivity contribution in [2.45, 2.75) is 58.6 Å². The zero-order chi connectivity index (χ0) is 27.3. The number of anilines is 1. The van der Waals surface area contributed by atoms with E-state index in [1.54, 1.807) is 11.1 Å². The number of nitrogens with one attached hydrogen (secondary N) is 2. The fourth-order valence-corrected chi connectivity index (χ4v) is 4.64. The minimum absolute atomic E-state index is 0.0963. The predicted molar refractivity (Wildman–Crippen MR) is 141 cm³/mol. The lowest BCUT2D eigenvalue weighted by Crippen LogP contribution is -2.42. The van der Waals surface area contributed by atoms with E-state index in [1.807, 2.05) is 31.6 Å². The minimum atomic E-state index is -0.604. The molecule has 0 atom stereocenters. The fraction of sp³-hybridized carbons (Fsp3) is 0.556. The number of amides is 1. The van der Waals surface area contributed by atoms with Crippen molar-refractivity contribution in [3.8, 4) is 5.88 Å². The summed E-state index contributed by atoms with van der Waals surface area (Å²) in [6, 6.07) is 1.27. The maximum absolute atomic E-state index is 14.2. The Morgan fingerprint density at radius 3 is 2.66 bits per heavy atom. The number of nitrogens with zero attached hydrogens (tertiary/aromatic N) is 4. The highest BCUT2D eigenvalue weighted by molar-refractivity contribution is 6.11. The third-order valence-electron chi connectivity index (χ3n) is 6.59. The minimum Gasteiger partial charge on any atom is -0.479 e. The van der Waals surface area contributed by atoms with Gasteiger partial charge in [-0.05, 0) is 57.6 Å². The molecule has 0 spiro atoms. The molecule has 0 aromatic carbocycles. The zero-order valence-corrected chi connectivity index (χ0v) is 22.6. The van der Waals surface area contributed by atoms with Crippen LogP contribution < -0.4 is 10.1 Å². The molecule has 1 saturated heterocycles. The van der Waals surface area contributed by atoms with Crippen LogP contribution in [0.15, 0.2) is 35.9 Å². The number of carbonyl (C=O) groups is 1. The Morgan fingerprint density at radius 2 is 1.97 bits per heavy atom. The first-order valence-corrected chi connectivity index (χ1v) is 13.0. The highest BCUT2D eigenvalue weighted by Crippen LogP contribution is 2.26. The number of likely N-dealkylation sites (tertiary alicyclic amines) is 1. The first-order chi connectivity index (χ1) is 18.1. The molecular formula is C27H37FN6O4. The zero-order valence-electron chi connectivity index (χ0n) is 22.6.